The van der Waals surface area contributed by atoms with Gasteiger partial charge >= 0.3 is 12.0 Å². The van der Waals surface area contributed by atoms with Crippen molar-refractivity contribution in [2.24, 2.45) is 17.6 Å². The van der Waals surface area contributed by atoms with Crippen LogP contribution in [0.1, 0.15) is 33.6 Å². The van der Waals surface area contributed by atoms with Gasteiger partial charge in [0.05, 0.1) is 0 Å². The lowest BCUT2D eigenvalue weighted by Crippen LogP contribution is -2.59. The van der Waals surface area contributed by atoms with Gasteiger partial charge in [-0.05, 0) is 24.7 Å². The predicted molar refractivity (Wildman–Crippen MR) is 72.9 cm³/mol. The van der Waals surface area contributed by atoms with Gasteiger partial charge in [0, 0.05) is 6.54 Å². The largest absolute Gasteiger partial charge is 0.480 e. The van der Waals surface area contributed by atoms with Gasteiger partial charge in [-0.1, -0.05) is 20.8 Å². The molecular formula is C13H23N3O4. The van der Waals surface area contributed by atoms with Crippen LogP contribution in [0.15, 0.2) is 0 Å². The van der Waals surface area contributed by atoms with Gasteiger partial charge in [0.25, 0.3) is 0 Å². The zero-order chi connectivity index (χ0) is 15.4. The summed E-state index contributed by atoms with van der Waals surface area (Å²) < 4.78 is 0. The van der Waals surface area contributed by atoms with Crippen molar-refractivity contribution >= 4 is 17.9 Å². The van der Waals surface area contributed by atoms with Gasteiger partial charge in [0.1, 0.15) is 12.1 Å². The van der Waals surface area contributed by atoms with Crippen molar-refractivity contribution in [3.63, 3.8) is 0 Å². The fourth-order valence-corrected chi connectivity index (χ4v) is 2.57. The van der Waals surface area contributed by atoms with Gasteiger partial charge in [-0.2, -0.15) is 0 Å². The summed E-state index contributed by atoms with van der Waals surface area (Å²) in [7, 11) is 0. The maximum Gasteiger partial charge on any atom is 0.326 e. The monoisotopic (exact) mass is 285 g/mol. The minimum absolute atomic E-state index is 0.113. The second kappa shape index (κ2) is 6.58. The van der Waals surface area contributed by atoms with Gasteiger partial charge in [0.15, 0.2) is 0 Å². The summed E-state index contributed by atoms with van der Waals surface area (Å²) in [4.78, 5) is 36.1. The number of carboxylic acid groups (broad SMARTS) is 1. The molecule has 1 aliphatic heterocycles. The van der Waals surface area contributed by atoms with Crippen molar-refractivity contribution in [3.8, 4) is 0 Å². The van der Waals surface area contributed by atoms with Crippen LogP contribution in [-0.2, 0) is 9.59 Å². The molecule has 1 saturated heterocycles. The van der Waals surface area contributed by atoms with Crippen molar-refractivity contribution in [2.75, 3.05) is 6.54 Å². The lowest BCUT2D eigenvalue weighted by Gasteiger charge is -2.38. The minimum Gasteiger partial charge on any atom is -0.480 e. The first-order valence-corrected chi connectivity index (χ1v) is 6.85. The molecule has 0 bridgehead atoms. The normalized spacial score (nSPS) is 24.3. The molecule has 0 aromatic heterocycles. The third-order valence-electron chi connectivity index (χ3n) is 3.70. The van der Waals surface area contributed by atoms with E-state index < -0.39 is 30.0 Å². The number of primary amides is 1. The first kappa shape index (κ1) is 16.3. The maximum atomic E-state index is 12.2. The van der Waals surface area contributed by atoms with Crippen LogP contribution in [0, 0.1) is 11.8 Å². The molecule has 0 spiro atoms. The summed E-state index contributed by atoms with van der Waals surface area (Å²) in [6.45, 7) is 5.72. The van der Waals surface area contributed by atoms with Gasteiger partial charge in [-0.25, -0.2) is 9.59 Å². The van der Waals surface area contributed by atoms with E-state index in [9.17, 15) is 19.5 Å². The number of urea groups is 1. The molecule has 1 heterocycles. The highest BCUT2D eigenvalue weighted by Crippen LogP contribution is 2.23. The number of rotatable bonds is 4. The summed E-state index contributed by atoms with van der Waals surface area (Å²) in [6.07, 6.45) is 1.52. The third-order valence-corrected chi connectivity index (χ3v) is 3.70. The SMILES string of the molecule is CC(C)C(NC(=O)N1CCCC(C)C1C(=O)O)C(N)=O. The Kier molecular flexibility index (Phi) is 5.35. The number of piperidine rings is 1. The standard InChI is InChI=1S/C13H23N3O4/c1-7(2)9(11(14)17)15-13(20)16-6-4-5-8(3)10(16)12(18)19/h7-10H,4-6H2,1-3H3,(H2,14,17)(H,15,20)(H,18,19). The molecule has 3 amide bonds. The third kappa shape index (κ3) is 3.61. The Labute approximate surface area is 118 Å². The summed E-state index contributed by atoms with van der Waals surface area (Å²) in [6, 6.07) is -2.19. The summed E-state index contributed by atoms with van der Waals surface area (Å²) in [5.41, 5.74) is 5.25. The topological polar surface area (TPSA) is 113 Å². The smallest absolute Gasteiger partial charge is 0.326 e. The van der Waals surface area contributed by atoms with Crippen LogP contribution < -0.4 is 11.1 Å². The second-order valence-corrected chi connectivity index (χ2v) is 5.67. The van der Waals surface area contributed by atoms with Crippen LogP contribution >= 0.6 is 0 Å². The highest BCUT2D eigenvalue weighted by atomic mass is 16.4. The molecule has 7 nitrogen and oxygen atoms in total. The molecule has 7 heteroatoms. The van der Waals surface area contributed by atoms with Crippen LogP contribution in [0.3, 0.4) is 0 Å². The quantitative estimate of drug-likeness (QED) is 0.693. The molecule has 0 aromatic carbocycles. The average Bonchev–Trinajstić information content (AvgIpc) is 2.33. The van der Waals surface area contributed by atoms with Gasteiger partial charge < -0.3 is 21.1 Å². The van der Waals surface area contributed by atoms with Crippen molar-refractivity contribution in [3.05, 3.63) is 0 Å². The minimum atomic E-state index is -1.02. The summed E-state index contributed by atoms with van der Waals surface area (Å²) in [5.74, 6) is -1.90. The second-order valence-electron chi connectivity index (χ2n) is 5.67. The number of aliphatic carboxylic acids is 1. The van der Waals surface area contributed by atoms with Crippen LogP contribution in [0.4, 0.5) is 4.79 Å². The Balaban J connectivity index is 2.83. The number of hydrogen-bond acceptors (Lipinski definition) is 3. The molecule has 3 atom stereocenters. The van der Waals surface area contributed by atoms with E-state index in [4.69, 9.17) is 5.73 Å². The predicted octanol–water partition coefficient (Wildman–Crippen LogP) is 0.391. The number of carboxylic acids is 1. The van der Waals surface area contributed by atoms with Crippen molar-refractivity contribution < 1.29 is 19.5 Å². The van der Waals surface area contributed by atoms with E-state index in [0.29, 0.717) is 6.54 Å². The first-order valence-electron chi connectivity index (χ1n) is 6.85. The zero-order valence-electron chi connectivity index (χ0n) is 12.1. The van der Waals surface area contributed by atoms with Crippen LogP contribution in [0.2, 0.25) is 0 Å². The lowest BCUT2D eigenvalue weighted by atomic mass is 9.91. The fourth-order valence-electron chi connectivity index (χ4n) is 2.57. The van der Waals surface area contributed by atoms with E-state index in [-0.39, 0.29) is 11.8 Å². The Morgan fingerprint density at radius 3 is 2.40 bits per heavy atom. The molecule has 1 rings (SSSR count). The van der Waals surface area contributed by atoms with Gasteiger partial charge in [-0.3, -0.25) is 4.79 Å². The number of carbonyl (C=O) groups excluding carboxylic acids is 2. The van der Waals surface area contributed by atoms with E-state index in [0.717, 1.165) is 12.8 Å². The Morgan fingerprint density at radius 1 is 1.35 bits per heavy atom. The molecule has 1 aliphatic rings. The van der Waals surface area contributed by atoms with Gasteiger partial charge in [-0.15, -0.1) is 0 Å². The van der Waals surface area contributed by atoms with Crippen LogP contribution in [0.5, 0.6) is 0 Å². The van der Waals surface area contributed by atoms with E-state index in [2.05, 4.69) is 5.32 Å². The first-order chi connectivity index (χ1) is 9.25. The maximum absolute atomic E-state index is 12.2. The Bertz CT molecular complexity index is 397. The van der Waals surface area contributed by atoms with E-state index in [1.165, 1.54) is 4.90 Å². The number of nitrogens with two attached hydrogens (primary N) is 1. The molecule has 114 valence electrons. The summed E-state index contributed by atoms with van der Waals surface area (Å²) in [5, 5.41) is 11.8. The molecule has 20 heavy (non-hydrogen) atoms. The molecule has 0 aromatic rings. The summed E-state index contributed by atoms with van der Waals surface area (Å²) >= 11 is 0. The molecule has 0 radical (unpaired) electrons. The molecule has 3 unspecified atom stereocenters. The van der Waals surface area contributed by atoms with Crippen molar-refractivity contribution in [2.45, 2.75) is 45.7 Å². The number of nitrogens with zero attached hydrogens (tertiary/aromatic N) is 1. The van der Waals surface area contributed by atoms with E-state index in [1.54, 1.807) is 13.8 Å². The van der Waals surface area contributed by atoms with Crippen LogP contribution in [-0.4, -0.2) is 46.5 Å². The van der Waals surface area contributed by atoms with E-state index >= 15 is 0 Å². The molecular weight excluding hydrogens is 262 g/mol. The van der Waals surface area contributed by atoms with Gasteiger partial charge in [0.2, 0.25) is 5.91 Å². The molecule has 0 aliphatic carbocycles. The van der Waals surface area contributed by atoms with Crippen molar-refractivity contribution in [1.29, 1.82) is 0 Å². The number of amides is 3. The fraction of sp³-hybridized carbons (Fsp3) is 0.769. The number of likely N-dealkylation sites (tertiary alicyclic amines) is 1. The van der Waals surface area contributed by atoms with E-state index in [1.807, 2.05) is 6.92 Å². The Hall–Kier alpha value is -1.79. The number of hydrogen-bond donors (Lipinski definition) is 3. The lowest BCUT2D eigenvalue weighted by molar-refractivity contribution is -0.145. The number of nitrogens with one attached hydrogen (secondary N) is 1. The number of carbonyl (C=O) groups is 3. The zero-order valence-corrected chi connectivity index (χ0v) is 12.1. The molecule has 0 saturated carbocycles. The van der Waals surface area contributed by atoms with Crippen molar-refractivity contribution in [1.82, 2.24) is 10.2 Å². The average molecular weight is 285 g/mol. The highest BCUT2D eigenvalue weighted by molar-refractivity contribution is 5.88. The van der Waals surface area contributed by atoms with Crippen LogP contribution in [0.25, 0.3) is 0 Å². The Morgan fingerprint density at radius 2 is 1.95 bits per heavy atom. The highest BCUT2D eigenvalue weighted by Gasteiger charge is 2.38. The molecule has 4 N–H and O–H groups in total. The molecule has 1 fully saturated rings.